The van der Waals surface area contributed by atoms with E-state index in [0.717, 1.165) is 29.5 Å². The number of nitrogens with zero attached hydrogens (tertiary/aromatic N) is 4. The zero-order chi connectivity index (χ0) is 26.6. The predicted molar refractivity (Wildman–Crippen MR) is 130 cm³/mol. The number of halogens is 5. The van der Waals surface area contributed by atoms with Gasteiger partial charge in [-0.05, 0) is 41.8 Å². The average Bonchev–Trinajstić information content (AvgIpc) is 3.42. The quantitative estimate of drug-likeness (QED) is 0.304. The van der Waals surface area contributed by atoms with E-state index in [2.05, 4.69) is 25.5 Å². The first-order valence-corrected chi connectivity index (χ1v) is 11.7. The van der Waals surface area contributed by atoms with Gasteiger partial charge in [-0.1, -0.05) is 13.0 Å². The van der Waals surface area contributed by atoms with Gasteiger partial charge in [-0.3, -0.25) is 19.8 Å². The van der Waals surface area contributed by atoms with Crippen molar-refractivity contribution in [1.29, 1.82) is 0 Å². The van der Waals surface area contributed by atoms with Crippen LogP contribution in [0, 0.1) is 0 Å². The molecule has 2 aromatic heterocycles. The monoisotopic (exact) mass is 520 g/mol. The van der Waals surface area contributed by atoms with Crippen molar-refractivity contribution < 1.29 is 26.7 Å². The van der Waals surface area contributed by atoms with Crippen LogP contribution in [0.5, 0.6) is 0 Å². The number of H-pyrrole nitrogens is 1. The summed E-state index contributed by atoms with van der Waals surface area (Å²) in [5.41, 5.74) is 1.56. The number of alkyl halides is 5. The summed E-state index contributed by atoms with van der Waals surface area (Å²) in [4.78, 5) is 22.1. The minimum absolute atomic E-state index is 0.0873. The molecule has 0 aliphatic carbocycles. The molecule has 37 heavy (non-hydrogen) atoms. The summed E-state index contributed by atoms with van der Waals surface area (Å²) in [5, 5.41) is 9.85. The molecule has 1 fully saturated rings. The average molecular weight is 521 g/mol. The summed E-state index contributed by atoms with van der Waals surface area (Å²) >= 11 is 0. The highest BCUT2D eigenvalue weighted by Gasteiger charge is 2.38. The molecular formula is C25H25F5N6O. The van der Waals surface area contributed by atoms with E-state index in [1.165, 1.54) is 0 Å². The van der Waals surface area contributed by atoms with E-state index < -0.39 is 23.7 Å². The molecule has 7 nitrogen and oxygen atoms in total. The molecular weight excluding hydrogens is 495 g/mol. The number of aromatic nitrogens is 3. The molecule has 1 aliphatic rings. The van der Waals surface area contributed by atoms with Crippen LogP contribution in [-0.4, -0.2) is 57.8 Å². The Morgan fingerprint density at radius 2 is 2.08 bits per heavy atom. The summed E-state index contributed by atoms with van der Waals surface area (Å²) < 4.78 is 64.9. The van der Waals surface area contributed by atoms with Gasteiger partial charge >= 0.3 is 6.18 Å². The van der Waals surface area contributed by atoms with Crippen LogP contribution in [0.1, 0.15) is 41.5 Å². The molecule has 1 amide bonds. The summed E-state index contributed by atoms with van der Waals surface area (Å²) in [5.74, 6) is -3.22. The highest BCUT2D eigenvalue weighted by Crippen LogP contribution is 2.29. The molecule has 0 unspecified atom stereocenters. The number of nitrogens with one attached hydrogen (secondary N) is 2. The molecule has 1 aromatic carbocycles. The van der Waals surface area contributed by atoms with Crippen LogP contribution in [0.15, 0.2) is 53.3 Å². The second-order valence-electron chi connectivity index (χ2n) is 8.83. The van der Waals surface area contributed by atoms with Crippen molar-refractivity contribution in [3.8, 4) is 0 Å². The van der Waals surface area contributed by atoms with Gasteiger partial charge in [-0.2, -0.15) is 18.3 Å². The minimum Gasteiger partial charge on any atom is -0.319 e. The van der Waals surface area contributed by atoms with Gasteiger partial charge in [-0.25, -0.2) is 13.8 Å². The van der Waals surface area contributed by atoms with E-state index in [9.17, 15) is 26.7 Å². The second kappa shape index (κ2) is 10.8. The number of hydrogen-bond acceptors (Lipinski definition) is 5. The number of aromatic amines is 1. The number of likely N-dealkylation sites (tertiary alicyclic amines) is 1. The molecule has 4 rings (SSSR count). The first-order valence-electron chi connectivity index (χ1n) is 11.7. The fourth-order valence-corrected chi connectivity index (χ4v) is 3.98. The van der Waals surface area contributed by atoms with Gasteiger partial charge in [0.1, 0.15) is 5.69 Å². The number of hydrogen-bond donors (Lipinski definition) is 2. The van der Waals surface area contributed by atoms with Crippen LogP contribution in [0.3, 0.4) is 0 Å². The van der Waals surface area contributed by atoms with Crippen LogP contribution in [0.25, 0.3) is 10.9 Å². The maximum Gasteiger partial charge on any atom is 0.433 e. The van der Waals surface area contributed by atoms with E-state index in [0.29, 0.717) is 36.8 Å². The SMILES string of the molecule is CC/C(=C\N=CCc1ccc2[nH]nc(C(=O)Nc3ccc(C(F)(F)F)nc3)c2c1)CN1CCC(F)(F)C1. The zero-order valence-corrected chi connectivity index (χ0v) is 19.9. The number of fused-ring (bicyclic) bond motifs is 1. The van der Waals surface area contributed by atoms with Gasteiger partial charge < -0.3 is 5.32 Å². The number of pyridine rings is 1. The lowest BCUT2D eigenvalue weighted by atomic mass is 10.1. The third kappa shape index (κ3) is 6.76. The van der Waals surface area contributed by atoms with Crippen LogP contribution >= 0.6 is 0 Å². The molecule has 12 heteroatoms. The molecule has 1 aliphatic heterocycles. The van der Waals surface area contributed by atoms with Crippen molar-refractivity contribution in [2.24, 2.45) is 4.99 Å². The van der Waals surface area contributed by atoms with E-state index in [4.69, 9.17) is 0 Å². The van der Waals surface area contributed by atoms with Gasteiger partial charge in [0.15, 0.2) is 5.69 Å². The minimum atomic E-state index is -4.57. The number of amides is 1. The molecule has 3 heterocycles. The third-order valence-electron chi connectivity index (χ3n) is 5.97. The lowest BCUT2D eigenvalue weighted by Gasteiger charge is -2.16. The summed E-state index contributed by atoms with van der Waals surface area (Å²) in [7, 11) is 0. The predicted octanol–water partition coefficient (Wildman–Crippen LogP) is 5.48. The lowest BCUT2D eigenvalue weighted by molar-refractivity contribution is -0.141. The molecule has 0 atom stereocenters. The van der Waals surface area contributed by atoms with E-state index in [-0.39, 0.29) is 24.3 Å². The normalized spacial score (nSPS) is 16.6. The maximum atomic E-state index is 13.4. The van der Waals surface area contributed by atoms with Crippen LogP contribution < -0.4 is 5.32 Å². The molecule has 0 spiro atoms. The van der Waals surface area contributed by atoms with Gasteiger partial charge in [0.25, 0.3) is 11.8 Å². The van der Waals surface area contributed by atoms with E-state index in [1.807, 2.05) is 13.0 Å². The Hall–Kier alpha value is -3.67. The molecule has 0 radical (unpaired) electrons. The Balaban J connectivity index is 1.40. The van der Waals surface area contributed by atoms with Gasteiger partial charge in [0, 0.05) is 43.7 Å². The third-order valence-corrected chi connectivity index (χ3v) is 5.97. The molecule has 3 aromatic rings. The number of carbonyl (C=O) groups excluding carboxylic acids is 1. The number of anilines is 1. The van der Waals surface area contributed by atoms with Crippen molar-refractivity contribution >= 4 is 28.7 Å². The van der Waals surface area contributed by atoms with Gasteiger partial charge in [0.05, 0.1) is 23.9 Å². The Morgan fingerprint density at radius 1 is 1.27 bits per heavy atom. The fraction of sp³-hybridized carbons (Fsp3) is 0.360. The molecule has 2 N–H and O–H groups in total. The van der Waals surface area contributed by atoms with Crippen molar-refractivity contribution in [2.75, 3.05) is 25.0 Å². The lowest BCUT2D eigenvalue weighted by Crippen LogP contribution is -2.27. The largest absolute Gasteiger partial charge is 0.433 e. The zero-order valence-electron chi connectivity index (χ0n) is 19.9. The maximum absolute atomic E-state index is 13.4. The Kier molecular flexibility index (Phi) is 7.67. The first kappa shape index (κ1) is 26.4. The van der Waals surface area contributed by atoms with E-state index >= 15 is 0 Å². The topological polar surface area (TPSA) is 86.3 Å². The van der Waals surface area contributed by atoms with Crippen molar-refractivity contribution in [2.45, 2.75) is 38.3 Å². The summed E-state index contributed by atoms with van der Waals surface area (Å²) in [6, 6.07) is 7.31. The highest BCUT2D eigenvalue weighted by molar-refractivity contribution is 6.11. The van der Waals surface area contributed by atoms with E-state index in [1.54, 1.807) is 29.4 Å². The van der Waals surface area contributed by atoms with Gasteiger partial charge in [-0.15, -0.1) is 0 Å². The number of benzene rings is 1. The fourth-order valence-electron chi connectivity index (χ4n) is 3.98. The van der Waals surface area contributed by atoms with Crippen LogP contribution in [0.2, 0.25) is 0 Å². The Labute approximate surface area is 209 Å². The molecule has 196 valence electrons. The Bertz CT molecular complexity index is 1310. The van der Waals surface area contributed by atoms with Gasteiger partial charge in [0.2, 0.25) is 0 Å². The highest BCUT2D eigenvalue weighted by atomic mass is 19.4. The van der Waals surface area contributed by atoms with Crippen molar-refractivity contribution in [3.63, 3.8) is 0 Å². The number of carbonyl (C=O) groups is 1. The standard InChI is InChI=1S/C25H25F5N6O/c1-2-16(14-36-10-8-24(26,27)15-36)12-31-9-7-17-3-5-20-19(11-17)22(35-34-20)23(37)33-18-4-6-21(32-13-18)25(28,29)30/h3-6,9,11-13H,2,7-8,10,14-15H2,1H3,(H,33,37)(H,34,35)/b16-12+,31-9?. The first-order chi connectivity index (χ1) is 17.5. The second-order valence-corrected chi connectivity index (χ2v) is 8.83. The summed E-state index contributed by atoms with van der Waals surface area (Å²) in [6.45, 7) is 2.54. The molecule has 1 saturated heterocycles. The van der Waals surface area contributed by atoms with Crippen LogP contribution in [-0.2, 0) is 12.6 Å². The smallest absolute Gasteiger partial charge is 0.319 e. The van der Waals surface area contributed by atoms with Crippen LogP contribution in [0.4, 0.5) is 27.6 Å². The molecule has 0 bridgehead atoms. The van der Waals surface area contributed by atoms with Crippen molar-refractivity contribution in [3.05, 3.63) is 65.3 Å². The summed E-state index contributed by atoms with van der Waals surface area (Å²) in [6.07, 6.45) is 0.802. The Morgan fingerprint density at radius 3 is 2.73 bits per heavy atom. The van der Waals surface area contributed by atoms with Crippen molar-refractivity contribution in [1.82, 2.24) is 20.1 Å². The molecule has 0 saturated carbocycles. The number of rotatable bonds is 8. The number of aliphatic imine (C=N–C) groups is 1.